The topological polar surface area (TPSA) is 479 Å². The Morgan fingerprint density at radius 2 is 0.561 bits per heavy atom. The molecule has 570 valence electrons. The summed E-state index contributed by atoms with van der Waals surface area (Å²) in [7, 11) is 0. The molecule has 0 radical (unpaired) electrons. The molecule has 0 aliphatic carbocycles. The molecule has 3 aromatic heterocycles. The van der Waals surface area contributed by atoms with E-state index < -0.39 is 108 Å². The lowest BCUT2D eigenvalue weighted by molar-refractivity contribution is -0.136. The van der Waals surface area contributed by atoms with Crippen LogP contribution in [0, 0.1) is 0 Å². The summed E-state index contributed by atoms with van der Waals surface area (Å²) < 4.78 is 0. The van der Waals surface area contributed by atoms with Crippen molar-refractivity contribution in [2.24, 2.45) is 40.1 Å². The molecule has 9 amide bonds. The Labute approximate surface area is 622 Å². The predicted octanol–water partition coefficient (Wildman–Crippen LogP) is 4.04. The van der Waals surface area contributed by atoms with Gasteiger partial charge in [0.1, 0.15) is 48.3 Å². The molecule has 9 aromatic rings. The van der Waals surface area contributed by atoms with Crippen LogP contribution in [0.2, 0.25) is 0 Å². The van der Waals surface area contributed by atoms with Crippen LogP contribution in [-0.2, 0) is 68.8 Å². The number of hydrogen-bond donors (Lipinski definition) is 18. The van der Waals surface area contributed by atoms with Crippen molar-refractivity contribution in [2.75, 3.05) is 32.7 Å². The molecule has 0 spiro atoms. The maximum Gasteiger partial charge on any atom is 0.243 e. The minimum Gasteiger partial charge on any atom is -0.368 e. The molecule has 1 unspecified atom stereocenters. The van der Waals surface area contributed by atoms with Gasteiger partial charge in [-0.05, 0) is 191 Å². The van der Waals surface area contributed by atoms with Gasteiger partial charge in [-0.1, -0.05) is 110 Å². The summed E-state index contributed by atoms with van der Waals surface area (Å²) in [5, 5.41) is 29.0. The number of benzene rings is 6. The normalized spacial score (nSPS) is 14.1. The quantitative estimate of drug-likeness (QED) is 0.0189. The molecule has 0 aliphatic rings. The highest BCUT2D eigenvalue weighted by Crippen LogP contribution is 2.31. The molecule has 0 bridgehead atoms. The average Bonchev–Trinajstić information content (AvgIpc) is 1.20. The van der Waals surface area contributed by atoms with Crippen LogP contribution in [0.1, 0.15) is 119 Å². The molecular weight excluding hydrogens is 1360 g/mol. The molecule has 3 heterocycles. The van der Waals surface area contributed by atoms with Crippen LogP contribution in [-0.4, -0.2) is 155 Å². The van der Waals surface area contributed by atoms with Crippen molar-refractivity contribution in [1.29, 1.82) is 0 Å². The second kappa shape index (κ2) is 40.8. The fourth-order valence-corrected chi connectivity index (χ4v) is 13.8. The molecule has 0 fully saturated rings. The lowest BCUT2D eigenvalue weighted by Gasteiger charge is -2.29. The minimum absolute atomic E-state index is 0.0199. The van der Waals surface area contributed by atoms with E-state index in [2.05, 4.69) is 57.5 Å². The Balaban J connectivity index is 1.04. The summed E-state index contributed by atoms with van der Waals surface area (Å²) >= 11 is 0. The van der Waals surface area contributed by atoms with Gasteiger partial charge in [0, 0.05) is 77.0 Å². The van der Waals surface area contributed by atoms with E-state index >= 15 is 24.0 Å². The SMILES string of the molecule is NCCCC[C@H](NC(=O)[C@H](Cc1c[nH]c2ccccc12)NC(=O)[C@H](Cc1c[nH]c2ccccc12)NC(=O)[C@H](CCCCN)NC(=O)[C@H](CCCCN)NC(=O)C(Cc1c2ccccc2cc2ccccc12)NC(=O)[C@H](Cc1c[nH]c2ccccc12)NC(=O)[C@H](CCCCN)NC(=O)[C@@H](N)CCCCN)C(N)=O. The maximum absolute atomic E-state index is 15.8. The van der Waals surface area contributed by atoms with Gasteiger partial charge in [-0.15, -0.1) is 0 Å². The Morgan fingerprint density at radius 1 is 0.299 bits per heavy atom. The number of unbranched alkanes of at least 4 members (excludes halogenated alkanes) is 5. The van der Waals surface area contributed by atoms with Gasteiger partial charge in [0.15, 0.2) is 0 Å². The van der Waals surface area contributed by atoms with E-state index in [1.54, 1.807) is 18.6 Å². The third-order valence-electron chi connectivity index (χ3n) is 19.8. The van der Waals surface area contributed by atoms with Crippen LogP contribution >= 0.6 is 0 Å². The van der Waals surface area contributed by atoms with Gasteiger partial charge in [-0.3, -0.25) is 43.2 Å². The molecule has 9 atom stereocenters. The largest absolute Gasteiger partial charge is 0.368 e. The zero-order chi connectivity index (χ0) is 76.2. The van der Waals surface area contributed by atoms with Crippen LogP contribution in [0.3, 0.4) is 0 Å². The van der Waals surface area contributed by atoms with Crippen molar-refractivity contribution in [3.63, 3.8) is 0 Å². The summed E-state index contributed by atoms with van der Waals surface area (Å²) in [4.78, 5) is 143. The number of carbonyl (C=O) groups is 9. The highest BCUT2D eigenvalue weighted by molar-refractivity contribution is 6.04. The van der Waals surface area contributed by atoms with E-state index in [-0.39, 0.29) is 64.5 Å². The van der Waals surface area contributed by atoms with Gasteiger partial charge < -0.3 is 97.6 Å². The number of hydrogen-bond acceptors (Lipinski definition) is 15. The van der Waals surface area contributed by atoms with E-state index in [1.807, 2.05) is 127 Å². The highest BCUT2D eigenvalue weighted by Gasteiger charge is 2.37. The lowest BCUT2D eigenvalue weighted by atomic mass is 9.92. The van der Waals surface area contributed by atoms with Crippen molar-refractivity contribution in [3.8, 4) is 0 Å². The molecule has 0 saturated heterocycles. The second-order valence-corrected chi connectivity index (χ2v) is 27.6. The number of aromatic nitrogens is 3. The molecule has 25 N–H and O–H groups in total. The number of amides is 9. The van der Waals surface area contributed by atoms with Crippen LogP contribution < -0.4 is 82.7 Å². The molecule has 27 nitrogen and oxygen atoms in total. The van der Waals surface area contributed by atoms with E-state index in [9.17, 15) is 19.2 Å². The van der Waals surface area contributed by atoms with Gasteiger partial charge in [0.05, 0.1) is 6.04 Å². The summed E-state index contributed by atoms with van der Waals surface area (Å²) in [6.45, 7) is 1.59. The van der Waals surface area contributed by atoms with Crippen molar-refractivity contribution in [3.05, 3.63) is 168 Å². The third-order valence-corrected chi connectivity index (χ3v) is 19.8. The molecule has 9 rings (SSSR count). The fourth-order valence-electron chi connectivity index (χ4n) is 13.8. The molecule has 6 aromatic carbocycles. The highest BCUT2D eigenvalue weighted by atomic mass is 16.2. The summed E-state index contributed by atoms with van der Waals surface area (Å²) in [6, 6.07) is 28.3. The smallest absolute Gasteiger partial charge is 0.243 e. The molecule has 0 aliphatic heterocycles. The molecular formula is C80H106N18O9. The first-order valence-electron chi connectivity index (χ1n) is 37.4. The summed E-state index contributed by atoms with van der Waals surface area (Å²) in [5.41, 5.74) is 46.7. The van der Waals surface area contributed by atoms with Crippen LogP contribution in [0.15, 0.2) is 146 Å². The third kappa shape index (κ3) is 22.5. The number of fused-ring (bicyclic) bond motifs is 5. The van der Waals surface area contributed by atoms with Crippen molar-refractivity contribution in [1.82, 2.24) is 57.5 Å². The number of nitrogens with two attached hydrogens (primary N) is 7. The second-order valence-electron chi connectivity index (χ2n) is 27.6. The summed E-state index contributed by atoms with van der Waals surface area (Å²) in [5.74, 6) is -6.53. The Kier molecular flexibility index (Phi) is 30.7. The van der Waals surface area contributed by atoms with Crippen molar-refractivity contribution < 1.29 is 43.2 Å². The van der Waals surface area contributed by atoms with Gasteiger partial charge in [0.25, 0.3) is 0 Å². The molecule has 107 heavy (non-hydrogen) atoms. The van der Waals surface area contributed by atoms with Gasteiger partial charge in [0.2, 0.25) is 53.2 Å². The van der Waals surface area contributed by atoms with Crippen LogP contribution in [0.25, 0.3) is 54.3 Å². The monoisotopic (exact) mass is 1460 g/mol. The van der Waals surface area contributed by atoms with Gasteiger partial charge >= 0.3 is 0 Å². The number of H-pyrrole nitrogens is 3. The first-order valence-corrected chi connectivity index (χ1v) is 37.4. The Morgan fingerprint density at radius 3 is 0.897 bits per heavy atom. The van der Waals surface area contributed by atoms with Gasteiger partial charge in [-0.25, -0.2) is 0 Å². The van der Waals surface area contributed by atoms with Gasteiger partial charge in [-0.2, -0.15) is 0 Å². The average molecular weight is 1460 g/mol. The van der Waals surface area contributed by atoms with E-state index in [0.29, 0.717) is 113 Å². The number of primary amides is 1. The number of rotatable bonds is 45. The van der Waals surface area contributed by atoms with E-state index in [4.69, 9.17) is 40.1 Å². The number of nitrogens with one attached hydrogen (secondary N) is 11. The Bertz CT molecular complexity index is 4420. The predicted molar refractivity (Wildman–Crippen MR) is 418 cm³/mol. The van der Waals surface area contributed by atoms with Crippen LogP contribution in [0.5, 0.6) is 0 Å². The fraction of sp³-hybridized carbons (Fsp3) is 0.412. The zero-order valence-corrected chi connectivity index (χ0v) is 60.7. The maximum atomic E-state index is 15.8. The number of para-hydroxylation sites is 3. The molecule has 27 heteroatoms. The van der Waals surface area contributed by atoms with Crippen molar-refractivity contribution >= 4 is 107 Å². The standard InChI is InChI=1S/C80H106N18O9/c81-36-16-11-28-60(86)73(100)92-65(33-13-18-38-83)75(102)95-70(44-53-48-90-63-31-10-7-27-58(53)63)79(106)98-71(45-59-54-23-3-1-21-49(54)41-50-22-2-4-24-55(50)59)80(107)94-66(34-14-19-39-84)74(101)93-67(35-15-20-40-85)76(103)96-69(43-52-47-89-62-30-9-6-26-57(52)62)78(105)97-68(42-51-46-88-61-29-8-5-25-56(51)61)77(104)91-64(72(87)99)32-12-17-37-82/h1-10,21-27,29-31,41,46-48,60,64-71,88-90H,11-20,28,32-40,42-45,81-86H2,(H2,87,99)(H,91,104)(H,92,100)(H,93,101)(H,94,107)(H,95,102)(H,96,103)(H,97,105)(H,98,106)/t60-,64-,65-,66-,67-,68-,69-,70-,71?/m0/s1. The number of carbonyl (C=O) groups excluding carboxylic acids is 9. The first-order chi connectivity index (χ1) is 51.9. The summed E-state index contributed by atoms with van der Waals surface area (Å²) in [6.07, 6.45) is 10.4. The Hall–Kier alpha value is -10.5. The van der Waals surface area contributed by atoms with Crippen LogP contribution in [0.4, 0.5) is 0 Å². The lowest BCUT2D eigenvalue weighted by Crippen LogP contribution is -2.61. The first kappa shape index (κ1) is 80.5. The van der Waals surface area contributed by atoms with E-state index in [1.165, 1.54) is 0 Å². The van der Waals surface area contributed by atoms with E-state index in [0.717, 1.165) is 54.3 Å². The van der Waals surface area contributed by atoms with Crippen molar-refractivity contribution in [2.45, 2.75) is 176 Å². The number of aromatic amines is 3. The minimum atomic E-state index is -1.46. The molecule has 0 saturated carbocycles. The zero-order valence-electron chi connectivity index (χ0n) is 60.7.